The number of nitrogens with zero attached hydrogens (tertiary/aromatic N) is 1. The van der Waals surface area contributed by atoms with E-state index in [2.05, 4.69) is 20.9 Å². The van der Waals surface area contributed by atoms with Crippen molar-refractivity contribution >= 4 is 32.8 Å². The van der Waals surface area contributed by atoms with Crippen LogP contribution in [-0.2, 0) is 6.42 Å². The molecule has 1 heterocycles. The minimum absolute atomic E-state index is 0.0148. The van der Waals surface area contributed by atoms with Crippen molar-refractivity contribution in [1.82, 2.24) is 4.98 Å². The highest BCUT2D eigenvalue weighted by molar-refractivity contribution is 9.10. The summed E-state index contributed by atoms with van der Waals surface area (Å²) in [7, 11) is 0. The Hall–Kier alpha value is -1.94. The Bertz CT molecular complexity index is 715. The molecule has 0 saturated heterocycles. The van der Waals surface area contributed by atoms with Gasteiger partial charge >= 0.3 is 0 Å². The lowest BCUT2D eigenvalue weighted by Crippen LogP contribution is -2.04. The van der Waals surface area contributed by atoms with E-state index in [0.717, 1.165) is 9.99 Å². The summed E-state index contributed by atoms with van der Waals surface area (Å²) in [6, 6.07) is 14.8. The number of Topliss-reactive ketones (excluding diaryl/α,β-unsaturated/α-hetero) is 1. The number of hydrogen-bond acceptors (Lipinski definition) is 3. The normalized spacial score (nSPS) is 10.8. The summed E-state index contributed by atoms with van der Waals surface area (Å²) >= 11 is 3.37. The van der Waals surface area contributed by atoms with Crippen LogP contribution in [-0.4, -0.2) is 10.8 Å². The van der Waals surface area contributed by atoms with Crippen molar-refractivity contribution in [2.75, 3.05) is 0 Å². The molecular weight excluding hydrogens is 306 g/mol. The van der Waals surface area contributed by atoms with Crippen LogP contribution in [0.25, 0.3) is 11.1 Å². The molecule has 4 heteroatoms. The summed E-state index contributed by atoms with van der Waals surface area (Å²) < 4.78 is 6.34. The van der Waals surface area contributed by atoms with Crippen molar-refractivity contribution in [3.63, 3.8) is 0 Å². The van der Waals surface area contributed by atoms with E-state index in [9.17, 15) is 4.79 Å². The van der Waals surface area contributed by atoms with Crippen LogP contribution in [0.1, 0.15) is 16.2 Å². The smallest absolute Gasteiger partial charge is 0.203 e. The first kappa shape index (κ1) is 12.1. The first-order chi connectivity index (χ1) is 9.24. The summed E-state index contributed by atoms with van der Waals surface area (Å²) in [5.74, 6) is 0.431. The summed E-state index contributed by atoms with van der Waals surface area (Å²) in [6.45, 7) is 0. The molecule has 0 spiro atoms. The molecule has 0 radical (unpaired) electrons. The van der Waals surface area contributed by atoms with Gasteiger partial charge in [-0.25, -0.2) is 4.98 Å². The molecule has 0 aliphatic carbocycles. The highest BCUT2D eigenvalue weighted by Gasteiger charge is 2.14. The first-order valence-electron chi connectivity index (χ1n) is 5.86. The molecule has 3 rings (SSSR count). The molecule has 0 bridgehead atoms. The topological polar surface area (TPSA) is 43.1 Å². The maximum Gasteiger partial charge on any atom is 0.203 e. The van der Waals surface area contributed by atoms with Crippen molar-refractivity contribution in [2.24, 2.45) is 0 Å². The highest BCUT2D eigenvalue weighted by Crippen LogP contribution is 2.20. The van der Waals surface area contributed by atoms with E-state index in [1.54, 1.807) is 6.07 Å². The minimum Gasteiger partial charge on any atom is -0.440 e. The molecule has 3 nitrogen and oxygen atoms in total. The van der Waals surface area contributed by atoms with E-state index in [0.29, 0.717) is 17.0 Å². The molecule has 0 aliphatic rings. The second-order valence-corrected chi connectivity index (χ2v) is 5.01. The van der Waals surface area contributed by atoms with Crippen LogP contribution < -0.4 is 0 Å². The molecule has 0 N–H and O–H groups in total. The van der Waals surface area contributed by atoms with Gasteiger partial charge in [0.1, 0.15) is 5.52 Å². The average Bonchev–Trinajstić information content (AvgIpc) is 2.81. The van der Waals surface area contributed by atoms with Gasteiger partial charge in [0.05, 0.1) is 6.42 Å². The molecule has 0 saturated carbocycles. The molecule has 0 fully saturated rings. The number of para-hydroxylation sites is 2. The van der Waals surface area contributed by atoms with Crippen LogP contribution in [0.15, 0.2) is 57.4 Å². The SMILES string of the molecule is O=C(Cc1nc2ccccc2o1)c1ccccc1Br. The number of oxazole rings is 1. The van der Waals surface area contributed by atoms with Gasteiger partial charge in [-0.3, -0.25) is 4.79 Å². The third-order valence-electron chi connectivity index (χ3n) is 2.82. The van der Waals surface area contributed by atoms with Gasteiger partial charge in [-0.05, 0) is 18.2 Å². The fourth-order valence-corrected chi connectivity index (χ4v) is 2.42. The number of carbonyl (C=O) groups is 1. The number of hydrogen-bond donors (Lipinski definition) is 0. The van der Waals surface area contributed by atoms with Gasteiger partial charge in [0.2, 0.25) is 5.89 Å². The van der Waals surface area contributed by atoms with Gasteiger partial charge in [0, 0.05) is 10.0 Å². The molecule has 0 amide bonds. The summed E-state index contributed by atoms with van der Waals surface area (Å²) in [6.07, 6.45) is 0.164. The number of halogens is 1. The molecule has 0 unspecified atom stereocenters. The molecule has 0 aliphatic heterocycles. The Morgan fingerprint density at radius 3 is 2.63 bits per heavy atom. The number of benzene rings is 2. The number of aromatic nitrogens is 1. The van der Waals surface area contributed by atoms with Crippen molar-refractivity contribution < 1.29 is 9.21 Å². The fraction of sp³-hybridized carbons (Fsp3) is 0.0667. The van der Waals surface area contributed by atoms with Gasteiger partial charge in [-0.15, -0.1) is 0 Å². The zero-order chi connectivity index (χ0) is 13.2. The van der Waals surface area contributed by atoms with Gasteiger partial charge in [0.25, 0.3) is 0 Å². The van der Waals surface area contributed by atoms with Gasteiger partial charge in [-0.1, -0.05) is 46.3 Å². The number of rotatable bonds is 3. The lowest BCUT2D eigenvalue weighted by molar-refractivity contribution is 0.0985. The second kappa shape index (κ2) is 4.97. The maximum atomic E-state index is 12.2. The summed E-state index contributed by atoms with van der Waals surface area (Å²) in [5, 5.41) is 0. The minimum atomic E-state index is -0.0148. The Balaban J connectivity index is 1.89. The second-order valence-electron chi connectivity index (χ2n) is 4.16. The third kappa shape index (κ3) is 2.44. The number of ketones is 1. The summed E-state index contributed by atoms with van der Waals surface area (Å²) in [5.41, 5.74) is 2.12. The van der Waals surface area contributed by atoms with Crippen molar-refractivity contribution in [3.8, 4) is 0 Å². The van der Waals surface area contributed by atoms with Gasteiger partial charge in [0.15, 0.2) is 11.4 Å². The van der Waals surface area contributed by atoms with Gasteiger partial charge < -0.3 is 4.42 Å². The van der Waals surface area contributed by atoms with E-state index < -0.39 is 0 Å². The fourth-order valence-electron chi connectivity index (χ4n) is 1.92. The Kier molecular flexibility index (Phi) is 3.17. The maximum absolute atomic E-state index is 12.2. The van der Waals surface area contributed by atoms with Crippen LogP contribution in [0.5, 0.6) is 0 Å². The standard InChI is InChI=1S/C15H10BrNO2/c16-11-6-2-1-5-10(11)13(18)9-15-17-12-7-3-4-8-14(12)19-15/h1-8H,9H2. The van der Waals surface area contributed by atoms with E-state index in [-0.39, 0.29) is 12.2 Å². The Morgan fingerprint density at radius 2 is 1.84 bits per heavy atom. The quantitative estimate of drug-likeness (QED) is 0.686. The predicted octanol–water partition coefficient (Wildman–Crippen LogP) is 4.02. The van der Waals surface area contributed by atoms with E-state index in [4.69, 9.17) is 4.42 Å². The zero-order valence-electron chi connectivity index (χ0n) is 9.97. The molecule has 3 aromatic rings. The molecule has 1 aromatic heterocycles. The van der Waals surface area contributed by atoms with Crippen LogP contribution in [0, 0.1) is 0 Å². The lowest BCUT2D eigenvalue weighted by Gasteiger charge is -2.00. The molecule has 0 atom stereocenters. The van der Waals surface area contributed by atoms with Crippen LogP contribution in [0.4, 0.5) is 0 Å². The highest BCUT2D eigenvalue weighted by atomic mass is 79.9. The molecule has 19 heavy (non-hydrogen) atoms. The molecule has 2 aromatic carbocycles. The third-order valence-corrected chi connectivity index (χ3v) is 3.52. The van der Waals surface area contributed by atoms with Crippen LogP contribution in [0.2, 0.25) is 0 Å². The predicted molar refractivity (Wildman–Crippen MR) is 76.2 cm³/mol. The lowest BCUT2D eigenvalue weighted by atomic mass is 10.1. The summed E-state index contributed by atoms with van der Waals surface area (Å²) in [4.78, 5) is 16.5. The van der Waals surface area contributed by atoms with Gasteiger partial charge in [-0.2, -0.15) is 0 Å². The molecule has 94 valence electrons. The Morgan fingerprint density at radius 1 is 1.11 bits per heavy atom. The average molecular weight is 316 g/mol. The number of fused-ring (bicyclic) bond motifs is 1. The van der Waals surface area contributed by atoms with Crippen molar-refractivity contribution in [3.05, 3.63) is 64.5 Å². The zero-order valence-corrected chi connectivity index (χ0v) is 11.6. The van der Waals surface area contributed by atoms with E-state index >= 15 is 0 Å². The van der Waals surface area contributed by atoms with Crippen molar-refractivity contribution in [1.29, 1.82) is 0 Å². The monoisotopic (exact) mass is 315 g/mol. The largest absolute Gasteiger partial charge is 0.440 e. The number of carbonyl (C=O) groups excluding carboxylic acids is 1. The van der Waals surface area contributed by atoms with Crippen molar-refractivity contribution in [2.45, 2.75) is 6.42 Å². The van der Waals surface area contributed by atoms with Crippen LogP contribution >= 0.6 is 15.9 Å². The van der Waals surface area contributed by atoms with Crippen LogP contribution in [0.3, 0.4) is 0 Å². The first-order valence-corrected chi connectivity index (χ1v) is 6.65. The van der Waals surface area contributed by atoms with E-state index in [1.165, 1.54) is 0 Å². The van der Waals surface area contributed by atoms with E-state index in [1.807, 2.05) is 42.5 Å². The molecular formula is C15H10BrNO2. The Labute approximate surface area is 118 Å².